The van der Waals surface area contributed by atoms with Crippen LogP contribution in [0.4, 0.5) is 0 Å². The minimum absolute atomic E-state index is 0.160. The molecule has 0 amide bonds. The third-order valence-corrected chi connectivity index (χ3v) is 3.17. The summed E-state index contributed by atoms with van der Waals surface area (Å²) in [6.07, 6.45) is 3.53. The van der Waals surface area contributed by atoms with Gasteiger partial charge in [0.2, 0.25) is 0 Å². The van der Waals surface area contributed by atoms with Gasteiger partial charge in [0.05, 0.1) is 24.4 Å². The highest BCUT2D eigenvalue weighted by atomic mass is 16.5. The molecule has 96 valence electrons. The van der Waals surface area contributed by atoms with Gasteiger partial charge < -0.3 is 9.84 Å². The number of aliphatic hydroxyl groups is 1. The van der Waals surface area contributed by atoms with Gasteiger partial charge in [-0.15, -0.1) is 0 Å². The number of ether oxygens (including phenoxy) is 1. The lowest BCUT2D eigenvalue weighted by atomic mass is 9.91. The van der Waals surface area contributed by atoms with E-state index in [-0.39, 0.29) is 12.2 Å². The van der Waals surface area contributed by atoms with E-state index in [4.69, 9.17) is 10.3 Å². The van der Waals surface area contributed by atoms with Gasteiger partial charge in [0.25, 0.3) is 0 Å². The highest BCUT2D eigenvalue weighted by molar-refractivity contribution is 5.14. The zero-order valence-electron chi connectivity index (χ0n) is 10.7. The predicted molar refractivity (Wildman–Crippen MR) is 66.6 cm³/mol. The van der Waals surface area contributed by atoms with Crippen LogP contribution in [0.3, 0.4) is 0 Å². The van der Waals surface area contributed by atoms with Crippen LogP contribution in [0.15, 0.2) is 16.8 Å². The number of hydrogen-bond donors (Lipinski definition) is 1. The van der Waals surface area contributed by atoms with Crippen molar-refractivity contribution in [2.75, 3.05) is 0 Å². The van der Waals surface area contributed by atoms with Gasteiger partial charge >= 0.3 is 0 Å². The van der Waals surface area contributed by atoms with Crippen molar-refractivity contribution in [3.8, 4) is 0 Å². The summed E-state index contributed by atoms with van der Waals surface area (Å²) in [5, 5.41) is 13.7. The molecular formula is C12H21N3O2. The molecule has 0 spiro atoms. The number of aliphatic hydroxyl groups excluding tert-OH is 1. The molecule has 0 radical (unpaired) electrons. The molecule has 1 N–H and O–H groups in total. The van der Waals surface area contributed by atoms with Crippen LogP contribution in [0, 0.1) is 0 Å². The topological polar surface area (TPSA) is 78.2 Å². The van der Waals surface area contributed by atoms with Gasteiger partial charge in [-0.05, 0) is 31.7 Å². The van der Waals surface area contributed by atoms with Crippen molar-refractivity contribution >= 4 is 0 Å². The van der Waals surface area contributed by atoms with Crippen LogP contribution in [-0.4, -0.2) is 29.5 Å². The van der Waals surface area contributed by atoms with Crippen molar-refractivity contribution in [1.29, 1.82) is 0 Å². The summed E-state index contributed by atoms with van der Waals surface area (Å²) in [6.45, 7) is 6.10. The Kier molecular flexibility index (Phi) is 5.48. The summed E-state index contributed by atoms with van der Waals surface area (Å²) in [4.78, 5) is 2.76. The molecule has 0 fully saturated rings. The first-order chi connectivity index (χ1) is 8.12. The van der Waals surface area contributed by atoms with Crippen molar-refractivity contribution in [1.82, 2.24) is 0 Å². The lowest BCUT2D eigenvalue weighted by Gasteiger charge is -2.33. The SMILES string of the molecule is CCC(CC)O[C@@H]1CC(C)=C[C@@H](N=[N+]=[N-])[C@@H]1O. The molecule has 1 rings (SSSR count). The van der Waals surface area contributed by atoms with Gasteiger partial charge in [0.1, 0.15) is 0 Å². The molecule has 0 aromatic carbocycles. The van der Waals surface area contributed by atoms with Gasteiger partial charge in [0.15, 0.2) is 0 Å². The first kappa shape index (κ1) is 14.0. The van der Waals surface area contributed by atoms with Crippen LogP contribution in [0.2, 0.25) is 0 Å². The van der Waals surface area contributed by atoms with Crippen LogP contribution in [0.1, 0.15) is 40.0 Å². The van der Waals surface area contributed by atoms with E-state index in [0.29, 0.717) is 6.42 Å². The Hall–Kier alpha value is -1.03. The number of nitrogens with zero attached hydrogens (tertiary/aromatic N) is 3. The molecule has 0 saturated carbocycles. The second kappa shape index (κ2) is 6.64. The summed E-state index contributed by atoms with van der Waals surface area (Å²) in [6, 6.07) is -0.506. The normalized spacial score (nSPS) is 28.8. The summed E-state index contributed by atoms with van der Waals surface area (Å²) in [7, 11) is 0. The third kappa shape index (κ3) is 3.73. The zero-order valence-corrected chi connectivity index (χ0v) is 10.7. The summed E-state index contributed by atoms with van der Waals surface area (Å²) in [5.41, 5.74) is 9.56. The van der Waals surface area contributed by atoms with E-state index < -0.39 is 12.1 Å². The Morgan fingerprint density at radius 2 is 2.24 bits per heavy atom. The Bertz CT molecular complexity index is 320. The van der Waals surface area contributed by atoms with Gasteiger partial charge in [0, 0.05) is 4.91 Å². The van der Waals surface area contributed by atoms with E-state index in [0.717, 1.165) is 18.4 Å². The average molecular weight is 239 g/mol. The number of rotatable bonds is 5. The van der Waals surface area contributed by atoms with Gasteiger partial charge in [-0.3, -0.25) is 0 Å². The summed E-state index contributed by atoms with van der Waals surface area (Å²) >= 11 is 0. The maximum atomic E-state index is 10.1. The Morgan fingerprint density at radius 1 is 1.59 bits per heavy atom. The Labute approximate surface area is 102 Å². The monoisotopic (exact) mass is 239 g/mol. The predicted octanol–water partition coefficient (Wildman–Crippen LogP) is 2.95. The molecule has 0 aromatic rings. The fourth-order valence-electron chi connectivity index (χ4n) is 2.13. The lowest BCUT2D eigenvalue weighted by molar-refractivity contribution is -0.0846. The van der Waals surface area contributed by atoms with Crippen molar-refractivity contribution in [3.05, 3.63) is 22.1 Å². The van der Waals surface area contributed by atoms with E-state index in [2.05, 4.69) is 23.9 Å². The van der Waals surface area contributed by atoms with Crippen molar-refractivity contribution < 1.29 is 9.84 Å². The van der Waals surface area contributed by atoms with Gasteiger partial charge in [-0.1, -0.05) is 30.6 Å². The van der Waals surface area contributed by atoms with Crippen molar-refractivity contribution in [2.24, 2.45) is 5.11 Å². The Morgan fingerprint density at radius 3 is 2.76 bits per heavy atom. The average Bonchev–Trinajstić information content (AvgIpc) is 2.31. The van der Waals surface area contributed by atoms with Gasteiger partial charge in [-0.25, -0.2) is 0 Å². The Balaban J connectivity index is 2.74. The van der Waals surface area contributed by atoms with E-state index in [1.807, 2.05) is 13.0 Å². The standard InChI is InChI=1S/C12H21N3O2/c1-4-9(5-2)17-11-7-8(3)6-10(12(11)16)14-15-13/h6,9-12,16H,4-5,7H2,1-3H3/t10-,11-,12+/m1/s1. The molecule has 0 unspecified atom stereocenters. The first-order valence-corrected chi connectivity index (χ1v) is 6.17. The molecule has 0 bridgehead atoms. The van der Waals surface area contributed by atoms with E-state index in [1.165, 1.54) is 0 Å². The molecule has 17 heavy (non-hydrogen) atoms. The van der Waals surface area contributed by atoms with Crippen molar-refractivity contribution in [3.63, 3.8) is 0 Å². The van der Waals surface area contributed by atoms with Crippen LogP contribution in [0.5, 0.6) is 0 Å². The molecule has 1 aliphatic carbocycles. The smallest absolute Gasteiger partial charge is 0.0924 e. The molecule has 1 aliphatic rings. The van der Waals surface area contributed by atoms with Crippen LogP contribution in [-0.2, 0) is 4.74 Å². The molecule has 0 aromatic heterocycles. The highest BCUT2D eigenvalue weighted by Crippen LogP contribution is 2.25. The molecule has 0 saturated heterocycles. The maximum absolute atomic E-state index is 10.1. The summed E-state index contributed by atoms with van der Waals surface area (Å²) in [5.74, 6) is 0. The molecule has 0 aliphatic heterocycles. The third-order valence-electron chi connectivity index (χ3n) is 3.17. The fraction of sp³-hybridized carbons (Fsp3) is 0.833. The van der Waals surface area contributed by atoms with Gasteiger partial charge in [-0.2, -0.15) is 0 Å². The number of azide groups is 1. The molecular weight excluding hydrogens is 218 g/mol. The van der Waals surface area contributed by atoms with Crippen molar-refractivity contribution in [2.45, 2.75) is 64.4 Å². The first-order valence-electron chi connectivity index (χ1n) is 6.17. The highest BCUT2D eigenvalue weighted by Gasteiger charge is 2.32. The van der Waals surface area contributed by atoms with E-state index in [1.54, 1.807) is 0 Å². The summed E-state index contributed by atoms with van der Waals surface area (Å²) < 4.78 is 5.87. The number of hydrogen-bond acceptors (Lipinski definition) is 3. The lowest BCUT2D eigenvalue weighted by Crippen LogP contribution is -2.42. The largest absolute Gasteiger partial charge is 0.390 e. The van der Waals surface area contributed by atoms with Crippen LogP contribution >= 0.6 is 0 Å². The molecule has 5 nitrogen and oxygen atoms in total. The second-order valence-electron chi connectivity index (χ2n) is 4.52. The fourth-order valence-corrected chi connectivity index (χ4v) is 2.13. The van der Waals surface area contributed by atoms with Crippen LogP contribution < -0.4 is 0 Å². The second-order valence-corrected chi connectivity index (χ2v) is 4.52. The quantitative estimate of drug-likeness (QED) is 0.346. The zero-order chi connectivity index (χ0) is 12.8. The maximum Gasteiger partial charge on any atom is 0.0924 e. The molecule has 5 heteroatoms. The van der Waals surface area contributed by atoms with E-state index >= 15 is 0 Å². The molecule has 3 atom stereocenters. The van der Waals surface area contributed by atoms with Crippen LogP contribution in [0.25, 0.3) is 10.4 Å². The minimum atomic E-state index is -0.741. The van der Waals surface area contributed by atoms with E-state index in [9.17, 15) is 5.11 Å². The molecule has 0 heterocycles. The minimum Gasteiger partial charge on any atom is -0.390 e.